The predicted octanol–water partition coefficient (Wildman–Crippen LogP) is 2.41. The summed E-state index contributed by atoms with van der Waals surface area (Å²) in [6, 6.07) is 3.77. The van der Waals surface area contributed by atoms with E-state index in [2.05, 4.69) is 5.10 Å². The third kappa shape index (κ3) is 2.87. The number of aromatic nitrogens is 2. The Kier molecular flexibility index (Phi) is 3.49. The first-order valence-corrected chi connectivity index (χ1v) is 6.24. The minimum Gasteiger partial charge on any atom is -0.336 e. The normalized spacial score (nSPS) is 10.5. The van der Waals surface area contributed by atoms with Crippen molar-refractivity contribution >= 4 is 28.8 Å². The van der Waals surface area contributed by atoms with E-state index in [1.807, 2.05) is 12.1 Å². The third-order valence-corrected chi connectivity index (χ3v) is 3.54. The average molecular weight is 270 g/mol. The number of hydrogen-bond donors (Lipinski definition) is 0. The first-order chi connectivity index (χ1) is 8.06. The monoisotopic (exact) mass is 269 g/mol. The number of hydrogen-bond acceptors (Lipinski definition) is 3. The second-order valence-corrected chi connectivity index (χ2v) is 5.57. The molecule has 0 saturated carbocycles. The summed E-state index contributed by atoms with van der Waals surface area (Å²) in [5.74, 6) is -0.0392. The topological polar surface area (TPSA) is 38.1 Å². The Morgan fingerprint density at radius 1 is 1.59 bits per heavy atom. The van der Waals surface area contributed by atoms with E-state index >= 15 is 0 Å². The standard InChI is InChI=1S/C11H12ClN3OS/c1-14(7-9-3-4-10(12)17-9)11(16)8-5-13-15(2)6-8/h3-6H,7H2,1-2H3. The number of carbonyl (C=O) groups is 1. The fourth-order valence-electron chi connectivity index (χ4n) is 1.49. The second-order valence-electron chi connectivity index (χ2n) is 3.77. The Bertz CT molecular complexity index is 534. The lowest BCUT2D eigenvalue weighted by atomic mass is 10.3. The molecule has 17 heavy (non-hydrogen) atoms. The van der Waals surface area contributed by atoms with E-state index in [0.717, 1.165) is 9.21 Å². The van der Waals surface area contributed by atoms with Crippen molar-refractivity contribution in [3.8, 4) is 0 Å². The number of halogens is 1. The molecule has 90 valence electrons. The van der Waals surface area contributed by atoms with Crippen LogP contribution in [0.5, 0.6) is 0 Å². The fourth-order valence-corrected chi connectivity index (χ4v) is 2.64. The van der Waals surface area contributed by atoms with Gasteiger partial charge in [0.1, 0.15) is 0 Å². The molecule has 1 amide bonds. The molecule has 0 atom stereocenters. The summed E-state index contributed by atoms with van der Waals surface area (Å²) in [5, 5.41) is 3.98. The van der Waals surface area contributed by atoms with E-state index in [1.165, 1.54) is 11.3 Å². The Hall–Kier alpha value is -1.33. The van der Waals surface area contributed by atoms with E-state index < -0.39 is 0 Å². The largest absolute Gasteiger partial charge is 0.336 e. The number of nitrogens with zero attached hydrogens (tertiary/aromatic N) is 3. The van der Waals surface area contributed by atoms with Gasteiger partial charge in [-0.05, 0) is 12.1 Å². The molecule has 0 aromatic carbocycles. The molecule has 0 fully saturated rings. The van der Waals surface area contributed by atoms with Gasteiger partial charge >= 0.3 is 0 Å². The third-order valence-electron chi connectivity index (χ3n) is 2.32. The van der Waals surface area contributed by atoms with Crippen LogP contribution in [-0.4, -0.2) is 27.6 Å². The van der Waals surface area contributed by atoms with Gasteiger partial charge in [-0.2, -0.15) is 5.10 Å². The smallest absolute Gasteiger partial charge is 0.257 e. The lowest BCUT2D eigenvalue weighted by molar-refractivity contribution is 0.0786. The molecular formula is C11H12ClN3OS. The van der Waals surface area contributed by atoms with E-state index in [-0.39, 0.29) is 5.91 Å². The molecule has 0 aliphatic carbocycles. The van der Waals surface area contributed by atoms with Gasteiger partial charge in [0.25, 0.3) is 5.91 Å². The lowest BCUT2D eigenvalue weighted by Crippen LogP contribution is -2.25. The zero-order valence-corrected chi connectivity index (χ0v) is 11.1. The molecule has 0 aliphatic heterocycles. The van der Waals surface area contributed by atoms with Gasteiger partial charge < -0.3 is 4.90 Å². The zero-order valence-electron chi connectivity index (χ0n) is 9.55. The van der Waals surface area contributed by atoms with E-state index in [1.54, 1.807) is 36.1 Å². The summed E-state index contributed by atoms with van der Waals surface area (Å²) >= 11 is 7.33. The fraction of sp³-hybridized carbons (Fsp3) is 0.273. The van der Waals surface area contributed by atoms with E-state index in [4.69, 9.17) is 11.6 Å². The summed E-state index contributed by atoms with van der Waals surface area (Å²) in [4.78, 5) is 14.7. The van der Waals surface area contributed by atoms with Crippen LogP contribution in [0.25, 0.3) is 0 Å². The van der Waals surface area contributed by atoms with Crippen molar-refractivity contribution in [3.63, 3.8) is 0 Å². The molecule has 0 unspecified atom stereocenters. The second kappa shape index (κ2) is 4.89. The number of thiophene rings is 1. The van der Waals surface area contributed by atoms with Crippen LogP contribution in [0.15, 0.2) is 24.5 Å². The van der Waals surface area contributed by atoms with Crippen molar-refractivity contribution in [2.24, 2.45) is 7.05 Å². The van der Waals surface area contributed by atoms with Crippen LogP contribution >= 0.6 is 22.9 Å². The molecule has 2 aromatic heterocycles. The number of carbonyl (C=O) groups excluding carboxylic acids is 1. The van der Waals surface area contributed by atoms with Crippen LogP contribution in [0.2, 0.25) is 4.34 Å². The number of amides is 1. The van der Waals surface area contributed by atoms with Crippen molar-refractivity contribution in [1.82, 2.24) is 14.7 Å². The summed E-state index contributed by atoms with van der Waals surface area (Å²) < 4.78 is 2.35. The van der Waals surface area contributed by atoms with Gasteiger partial charge in [-0.15, -0.1) is 11.3 Å². The molecule has 0 spiro atoms. The highest BCUT2D eigenvalue weighted by Crippen LogP contribution is 2.22. The maximum atomic E-state index is 12.0. The summed E-state index contributed by atoms with van der Waals surface area (Å²) in [6.45, 7) is 0.561. The van der Waals surface area contributed by atoms with Crippen LogP contribution in [0.4, 0.5) is 0 Å². The summed E-state index contributed by atoms with van der Waals surface area (Å²) in [6.07, 6.45) is 3.28. The van der Waals surface area contributed by atoms with Gasteiger partial charge in [-0.1, -0.05) is 11.6 Å². The number of aryl methyl sites for hydroxylation is 1. The Morgan fingerprint density at radius 3 is 2.88 bits per heavy atom. The molecule has 0 saturated heterocycles. The molecule has 6 heteroatoms. The molecule has 0 bridgehead atoms. The van der Waals surface area contributed by atoms with Gasteiger partial charge in [0.2, 0.25) is 0 Å². The Morgan fingerprint density at radius 2 is 2.35 bits per heavy atom. The Labute approximate surface area is 108 Å². The van der Waals surface area contributed by atoms with Gasteiger partial charge in [0.05, 0.1) is 22.6 Å². The number of rotatable bonds is 3. The maximum Gasteiger partial charge on any atom is 0.257 e. The molecule has 2 aromatic rings. The first-order valence-electron chi connectivity index (χ1n) is 5.04. The SMILES string of the molecule is CN(Cc1ccc(Cl)s1)C(=O)c1cnn(C)c1. The van der Waals surface area contributed by atoms with E-state index in [9.17, 15) is 4.79 Å². The molecule has 4 nitrogen and oxygen atoms in total. The maximum absolute atomic E-state index is 12.0. The first kappa shape index (κ1) is 12.1. The van der Waals surface area contributed by atoms with Crippen LogP contribution in [0, 0.1) is 0 Å². The van der Waals surface area contributed by atoms with Gasteiger partial charge in [-0.25, -0.2) is 0 Å². The lowest BCUT2D eigenvalue weighted by Gasteiger charge is -2.14. The van der Waals surface area contributed by atoms with Gasteiger partial charge in [-0.3, -0.25) is 9.48 Å². The van der Waals surface area contributed by atoms with Crippen LogP contribution < -0.4 is 0 Å². The molecule has 0 radical (unpaired) electrons. The molecule has 2 rings (SSSR count). The van der Waals surface area contributed by atoms with Crippen molar-refractivity contribution in [3.05, 3.63) is 39.3 Å². The highest BCUT2D eigenvalue weighted by molar-refractivity contribution is 7.16. The van der Waals surface area contributed by atoms with Gasteiger partial charge in [0.15, 0.2) is 0 Å². The Balaban J connectivity index is 2.05. The summed E-state index contributed by atoms with van der Waals surface area (Å²) in [5.41, 5.74) is 0.595. The minimum absolute atomic E-state index is 0.0392. The van der Waals surface area contributed by atoms with Crippen molar-refractivity contribution in [2.75, 3.05) is 7.05 Å². The highest BCUT2D eigenvalue weighted by Gasteiger charge is 2.14. The van der Waals surface area contributed by atoms with Crippen LogP contribution in [-0.2, 0) is 13.6 Å². The summed E-state index contributed by atoms with van der Waals surface area (Å²) in [7, 11) is 3.55. The van der Waals surface area contributed by atoms with Gasteiger partial charge in [0, 0.05) is 25.2 Å². The molecule has 0 N–H and O–H groups in total. The van der Waals surface area contributed by atoms with Crippen molar-refractivity contribution in [1.29, 1.82) is 0 Å². The van der Waals surface area contributed by atoms with Crippen molar-refractivity contribution in [2.45, 2.75) is 6.54 Å². The van der Waals surface area contributed by atoms with Crippen LogP contribution in [0.3, 0.4) is 0 Å². The van der Waals surface area contributed by atoms with Crippen molar-refractivity contribution < 1.29 is 4.79 Å². The highest BCUT2D eigenvalue weighted by atomic mass is 35.5. The average Bonchev–Trinajstić information content (AvgIpc) is 2.87. The van der Waals surface area contributed by atoms with Crippen LogP contribution in [0.1, 0.15) is 15.2 Å². The molecule has 2 heterocycles. The zero-order chi connectivity index (χ0) is 12.4. The molecular weight excluding hydrogens is 258 g/mol. The quantitative estimate of drug-likeness (QED) is 0.858. The predicted molar refractivity (Wildman–Crippen MR) is 68.3 cm³/mol. The van der Waals surface area contributed by atoms with E-state index in [0.29, 0.717) is 12.1 Å². The minimum atomic E-state index is -0.0392. The molecule has 0 aliphatic rings.